The van der Waals surface area contributed by atoms with E-state index in [4.69, 9.17) is 14.9 Å². The predicted octanol–water partition coefficient (Wildman–Crippen LogP) is 1.70. The smallest absolute Gasteiger partial charge is 0.330 e. The van der Waals surface area contributed by atoms with Crippen molar-refractivity contribution >= 4 is 5.97 Å². The van der Waals surface area contributed by atoms with Crippen molar-refractivity contribution in [3.05, 3.63) is 42.0 Å². The number of aliphatic hydroxyl groups excluding tert-OH is 1. The molecule has 0 saturated carbocycles. The molecule has 0 fully saturated rings. The fourth-order valence-corrected chi connectivity index (χ4v) is 1.30. The zero-order valence-electron chi connectivity index (χ0n) is 9.67. The molecular formula is C13H16O4. The van der Waals surface area contributed by atoms with Gasteiger partial charge in [-0.3, -0.25) is 0 Å². The van der Waals surface area contributed by atoms with E-state index in [1.54, 1.807) is 0 Å². The van der Waals surface area contributed by atoms with Crippen LogP contribution in [0.3, 0.4) is 0 Å². The molecular weight excluding hydrogens is 220 g/mol. The van der Waals surface area contributed by atoms with Crippen LogP contribution in [0.2, 0.25) is 0 Å². The Bertz CT molecular complexity index is 384. The SMILES string of the molecule is C/C(=C\C(CO)COc1ccccc1)C(=O)O. The summed E-state index contributed by atoms with van der Waals surface area (Å²) < 4.78 is 5.44. The second-order valence-electron chi connectivity index (χ2n) is 3.72. The van der Waals surface area contributed by atoms with Gasteiger partial charge in [-0.2, -0.15) is 0 Å². The van der Waals surface area contributed by atoms with Crippen LogP contribution in [0, 0.1) is 5.92 Å². The topological polar surface area (TPSA) is 66.8 Å². The van der Waals surface area contributed by atoms with E-state index in [0.29, 0.717) is 5.75 Å². The van der Waals surface area contributed by atoms with E-state index in [1.807, 2.05) is 30.3 Å². The van der Waals surface area contributed by atoms with Gasteiger partial charge in [0.1, 0.15) is 5.75 Å². The molecule has 0 aliphatic rings. The molecule has 0 bridgehead atoms. The molecule has 0 spiro atoms. The molecule has 2 N–H and O–H groups in total. The molecule has 1 aromatic rings. The summed E-state index contributed by atoms with van der Waals surface area (Å²) in [5.74, 6) is -0.596. The van der Waals surface area contributed by atoms with Gasteiger partial charge in [0.2, 0.25) is 0 Å². The summed E-state index contributed by atoms with van der Waals surface area (Å²) >= 11 is 0. The quantitative estimate of drug-likeness (QED) is 0.738. The molecule has 0 amide bonds. The fraction of sp³-hybridized carbons (Fsp3) is 0.308. The van der Waals surface area contributed by atoms with Crippen molar-refractivity contribution in [2.24, 2.45) is 5.92 Å². The lowest BCUT2D eigenvalue weighted by Crippen LogP contribution is -2.15. The number of aliphatic carboxylic acids is 1. The largest absolute Gasteiger partial charge is 0.493 e. The zero-order valence-corrected chi connectivity index (χ0v) is 9.67. The summed E-state index contributed by atoms with van der Waals surface area (Å²) in [5, 5.41) is 17.8. The minimum absolute atomic E-state index is 0.141. The Hall–Kier alpha value is -1.81. The Morgan fingerprint density at radius 1 is 1.41 bits per heavy atom. The molecule has 1 unspecified atom stereocenters. The van der Waals surface area contributed by atoms with Gasteiger partial charge >= 0.3 is 5.97 Å². The number of carboxylic acids is 1. The van der Waals surface area contributed by atoms with Gasteiger partial charge < -0.3 is 14.9 Å². The third-order valence-electron chi connectivity index (χ3n) is 2.26. The highest BCUT2D eigenvalue weighted by Crippen LogP contribution is 2.11. The number of carboxylic acid groups (broad SMARTS) is 1. The molecule has 4 heteroatoms. The number of benzene rings is 1. The minimum atomic E-state index is -0.983. The van der Waals surface area contributed by atoms with E-state index < -0.39 is 5.97 Å². The Morgan fingerprint density at radius 3 is 2.59 bits per heavy atom. The number of aliphatic hydroxyl groups is 1. The van der Waals surface area contributed by atoms with Gasteiger partial charge in [0.15, 0.2) is 0 Å². The van der Waals surface area contributed by atoms with Crippen LogP contribution in [0.15, 0.2) is 42.0 Å². The lowest BCUT2D eigenvalue weighted by Gasteiger charge is -2.12. The lowest BCUT2D eigenvalue weighted by molar-refractivity contribution is -0.132. The molecule has 1 atom stereocenters. The van der Waals surface area contributed by atoms with Crippen molar-refractivity contribution in [3.8, 4) is 5.75 Å². The van der Waals surface area contributed by atoms with Crippen LogP contribution in [0.4, 0.5) is 0 Å². The third-order valence-corrected chi connectivity index (χ3v) is 2.26. The number of carbonyl (C=O) groups is 1. The van der Waals surface area contributed by atoms with Gasteiger partial charge in [-0.05, 0) is 19.1 Å². The highest BCUT2D eigenvalue weighted by Gasteiger charge is 2.08. The molecule has 0 saturated heterocycles. The Balaban J connectivity index is 2.54. The first-order chi connectivity index (χ1) is 8.13. The fourth-order valence-electron chi connectivity index (χ4n) is 1.30. The van der Waals surface area contributed by atoms with Crippen LogP contribution in [0.1, 0.15) is 6.92 Å². The van der Waals surface area contributed by atoms with Gasteiger partial charge in [-0.25, -0.2) is 4.79 Å². The summed E-state index contributed by atoms with van der Waals surface area (Å²) in [5.41, 5.74) is 0.209. The minimum Gasteiger partial charge on any atom is -0.493 e. The second-order valence-corrected chi connectivity index (χ2v) is 3.72. The molecule has 0 aliphatic carbocycles. The van der Waals surface area contributed by atoms with E-state index in [2.05, 4.69) is 0 Å². The highest BCUT2D eigenvalue weighted by atomic mass is 16.5. The van der Waals surface area contributed by atoms with Crippen molar-refractivity contribution in [2.75, 3.05) is 13.2 Å². The lowest BCUT2D eigenvalue weighted by atomic mass is 10.1. The average molecular weight is 236 g/mol. The number of rotatable bonds is 6. The van der Waals surface area contributed by atoms with E-state index in [9.17, 15) is 4.79 Å². The van der Waals surface area contributed by atoms with Gasteiger partial charge in [-0.1, -0.05) is 24.3 Å². The molecule has 0 radical (unpaired) electrons. The first-order valence-corrected chi connectivity index (χ1v) is 5.34. The molecule has 1 rings (SSSR count). The van der Waals surface area contributed by atoms with Gasteiger partial charge in [0, 0.05) is 11.5 Å². The molecule has 0 heterocycles. The van der Waals surface area contributed by atoms with Crippen LogP contribution in [0.25, 0.3) is 0 Å². The molecule has 92 valence electrons. The number of hydrogen-bond acceptors (Lipinski definition) is 3. The standard InChI is InChI=1S/C13H16O4/c1-10(13(15)16)7-11(8-14)9-17-12-5-3-2-4-6-12/h2-7,11,14H,8-9H2,1H3,(H,15,16)/b10-7+. The zero-order chi connectivity index (χ0) is 12.7. The van der Waals surface area contributed by atoms with E-state index in [1.165, 1.54) is 13.0 Å². The summed E-state index contributed by atoms with van der Waals surface area (Å²) in [4.78, 5) is 10.6. The van der Waals surface area contributed by atoms with Crippen molar-refractivity contribution in [2.45, 2.75) is 6.92 Å². The molecule has 17 heavy (non-hydrogen) atoms. The summed E-state index contributed by atoms with van der Waals surface area (Å²) in [6, 6.07) is 9.19. The summed E-state index contributed by atoms with van der Waals surface area (Å²) in [6.07, 6.45) is 1.51. The van der Waals surface area contributed by atoms with E-state index >= 15 is 0 Å². The molecule has 0 aliphatic heterocycles. The van der Waals surface area contributed by atoms with Gasteiger partial charge in [0.25, 0.3) is 0 Å². The second kappa shape index (κ2) is 6.70. The van der Waals surface area contributed by atoms with Gasteiger partial charge in [-0.15, -0.1) is 0 Å². The van der Waals surface area contributed by atoms with Crippen LogP contribution < -0.4 is 4.74 Å². The van der Waals surface area contributed by atoms with Crippen molar-refractivity contribution in [1.82, 2.24) is 0 Å². The predicted molar refractivity (Wildman–Crippen MR) is 63.9 cm³/mol. The van der Waals surface area contributed by atoms with Crippen LogP contribution in [-0.2, 0) is 4.79 Å². The Labute approximate surface area is 100 Å². The molecule has 4 nitrogen and oxygen atoms in total. The third kappa shape index (κ3) is 4.70. The Kier molecular flexibility index (Phi) is 5.23. The van der Waals surface area contributed by atoms with Crippen LogP contribution >= 0.6 is 0 Å². The van der Waals surface area contributed by atoms with Crippen LogP contribution in [0.5, 0.6) is 5.75 Å². The van der Waals surface area contributed by atoms with Crippen molar-refractivity contribution < 1.29 is 19.7 Å². The van der Waals surface area contributed by atoms with Crippen LogP contribution in [-0.4, -0.2) is 29.4 Å². The Morgan fingerprint density at radius 2 is 2.06 bits per heavy atom. The number of para-hydroxylation sites is 1. The maximum absolute atomic E-state index is 10.6. The monoisotopic (exact) mass is 236 g/mol. The van der Waals surface area contributed by atoms with Crippen molar-refractivity contribution in [3.63, 3.8) is 0 Å². The number of hydrogen-bond donors (Lipinski definition) is 2. The first kappa shape index (κ1) is 13.3. The maximum atomic E-state index is 10.6. The summed E-state index contributed by atoms with van der Waals surface area (Å²) in [6.45, 7) is 1.61. The van der Waals surface area contributed by atoms with E-state index in [0.717, 1.165) is 0 Å². The first-order valence-electron chi connectivity index (χ1n) is 5.34. The highest BCUT2D eigenvalue weighted by molar-refractivity contribution is 5.85. The molecule has 1 aromatic carbocycles. The number of ether oxygens (including phenoxy) is 1. The van der Waals surface area contributed by atoms with Gasteiger partial charge in [0.05, 0.1) is 13.2 Å². The molecule has 0 aromatic heterocycles. The van der Waals surface area contributed by atoms with E-state index in [-0.39, 0.29) is 24.7 Å². The van der Waals surface area contributed by atoms with Crippen molar-refractivity contribution in [1.29, 1.82) is 0 Å². The maximum Gasteiger partial charge on any atom is 0.330 e. The normalized spacial score (nSPS) is 13.2. The average Bonchev–Trinajstić information content (AvgIpc) is 2.35. The summed E-state index contributed by atoms with van der Waals surface area (Å²) in [7, 11) is 0.